The molecule has 0 aromatic heterocycles. The summed E-state index contributed by atoms with van der Waals surface area (Å²) in [6.45, 7) is 20.6. The van der Waals surface area contributed by atoms with Gasteiger partial charge in [-0.2, -0.15) is 0 Å². The summed E-state index contributed by atoms with van der Waals surface area (Å²) in [5.74, 6) is 0.607. The highest BCUT2D eigenvalue weighted by Crippen LogP contribution is 2.17. The third-order valence-corrected chi connectivity index (χ3v) is 2.61. The van der Waals surface area contributed by atoms with Crippen LogP contribution in [0.4, 0.5) is 0 Å². The van der Waals surface area contributed by atoms with Crippen LogP contribution in [0.15, 0.2) is 49.6 Å². The Morgan fingerprint density at radius 3 is 2.12 bits per heavy atom. The van der Waals surface area contributed by atoms with Crippen LogP contribution in [0.5, 0.6) is 0 Å². The molecule has 0 fully saturated rings. The SMILES string of the molecule is C=C.C=C(/C=C\C(=C)C(C)CCCC)CC. The van der Waals surface area contributed by atoms with Gasteiger partial charge in [0.1, 0.15) is 0 Å². The van der Waals surface area contributed by atoms with Gasteiger partial charge in [0.05, 0.1) is 0 Å². The molecule has 0 radical (unpaired) electrons. The lowest BCUT2D eigenvalue weighted by Gasteiger charge is -2.10. The first-order valence-electron chi connectivity index (χ1n) is 6.16. The van der Waals surface area contributed by atoms with Crippen LogP contribution >= 0.6 is 0 Å². The van der Waals surface area contributed by atoms with Gasteiger partial charge in [-0.25, -0.2) is 0 Å². The van der Waals surface area contributed by atoms with Crippen molar-refractivity contribution in [2.24, 2.45) is 5.92 Å². The molecule has 0 heteroatoms. The van der Waals surface area contributed by atoms with E-state index in [1.54, 1.807) is 0 Å². The van der Waals surface area contributed by atoms with Gasteiger partial charge in [0.2, 0.25) is 0 Å². The van der Waals surface area contributed by atoms with Crippen molar-refractivity contribution in [3.8, 4) is 0 Å². The number of rotatable bonds is 7. The number of unbranched alkanes of at least 4 members (excludes halogenated alkanes) is 1. The molecule has 0 spiro atoms. The predicted octanol–water partition coefficient (Wildman–Crippen LogP) is 5.69. The Morgan fingerprint density at radius 2 is 1.69 bits per heavy atom. The Balaban J connectivity index is 0. The summed E-state index contributed by atoms with van der Waals surface area (Å²) in [4.78, 5) is 0. The molecule has 92 valence electrons. The Hall–Kier alpha value is -1.04. The molecule has 0 aliphatic rings. The van der Waals surface area contributed by atoms with Crippen molar-refractivity contribution in [3.05, 3.63) is 49.6 Å². The molecule has 1 atom stereocenters. The lowest BCUT2D eigenvalue weighted by atomic mass is 9.96. The van der Waals surface area contributed by atoms with Crippen molar-refractivity contribution in [2.75, 3.05) is 0 Å². The molecule has 0 nitrogen and oxygen atoms in total. The van der Waals surface area contributed by atoms with Gasteiger partial charge < -0.3 is 0 Å². The Labute approximate surface area is 102 Å². The van der Waals surface area contributed by atoms with E-state index in [1.807, 2.05) is 0 Å². The molecule has 1 unspecified atom stereocenters. The summed E-state index contributed by atoms with van der Waals surface area (Å²) < 4.78 is 0. The lowest BCUT2D eigenvalue weighted by molar-refractivity contribution is 0.582. The van der Waals surface area contributed by atoms with E-state index >= 15 is 0 Å². The van der Waals surface area contributed by atoms with Crippen molar-refractivity contribution in [1.82, 2.24) is 0 Å². The monoisotopic (exact) mass is 220 g/mol. The Kier molecular flexibility index (Phi) is 13.1. The van der Waals surface area contributed by atoms with Crippen LogP contribution in [0.2, 0.25) is 0 Å². The molecule has 0 aromatic carbocycles. The molecule has 0 heterocycles. The maximum atomic E-state index is 4.09. The predicted molar refractivity (Wildman–Crippen MR) is 77.7 cm³/mol. The van der Waals surface area contributed by atoms with Crippen LogP contribution in [0, 0.1) is 5.92 Å². The highest BCUT2D eigenvalue weighted by atomic mass is 14.1. The number of hydrogen-bond donors (Lipinski definition) is 0. The van der Waals surface area contributed by atoms with Gasteiger partial charge in [0, 0.05) is 0 Å². The smallest absolute Gasteiger partial charge is 0.0196 e. The molecule has 0 amide bonds. The molecular formula is C16H28. The van der Waals surface area contributed by atoms with Gasteiger partial charge in [-0.15, -0.1) is 13.2 Å². The summed E-state index contributed by atoms with van der Waals surface area (Å²) in [6.07, 6.45) is 9.04. The van der Waals surface area contributed by atoms with E-state index < -0.39 is 0 Å². The van der Waals surface area contributed by atoms with E-state index in [1.165, 1.54) is 30.4 Å². The normalized spacial score (nSPS) is 11.7. The molecule has 16 heavy (non-hydrogen) atoms. The fraction of sp³-hybridized carbons (Fsp3) is 0.500. The summed E-state index contributed by atoms with van der Waals surface area (Å²) in [5.41, 5.74) is 2.40. The van der Waals surface area contributed by atoms with Crippen LogP contribution < -0.4 is 0 Å². The van der Waals surface area contributed by atoms with Gasteiger partial charge >= 0.3 is 0 Å². The second kappa shape index (κ2) is 12.0. The third-order valence-electron chi connectivity index (χ3n) is 2.61. The first kappa shape index (κ1) is 17.4. The van der Waals surface area contributed by atoms with Crippen LogP contribution in [-0.2, 0) is 0 Å². The second-order valence-corrected chi connectivity index (χ2v) is 3.96. The molecule has 0 N–H and O–H groups in total. The second-order valence-electron chi connectivity index (χ2n) is 3.96. The van der Waals surface area contributed by atoms with Crippen LogP contribution in [0.1, 0.15) is 46.5 Å². The van der Waals surface area contributed by atoms with E-state index in [0.717, 1.165) is 6.42 Å². The quantitative estimate of drug-likeness (QED) is 0.382. The molecule has 0 rings (SSSR count). The molecular weight excluding hydrogens is 192 g/mol. The largest absolute Gasteiger partial charge is 0.106 e. The van der Waals surface area contributed by atoms with E-state index in [9.17, 15) is 0 Å². The van der Waals surface area contributed by atoms with Gasteiger partial charge in [0.15, 0.2) is 0 Å². The van der Waals surface area contributed by atoms with Crippen LogP contribution in [0.3, 0.4) is 0 Å². The third kappa shape index (κ3) is 9.51. The summed E-state index contributed by atoms with van der Waals surface area (Å²) >= 11 is 0. The maximum Gasteiger partial charge on any atom is -0.0196 e. The topological polar surface area (TPSA) is 0 Å². The van der Waals surface area contributed by atoms with E-state index in [4.69, 9.17) is 0 Å². The van der Waals surface area contributed by atoms with Gasteiger partial charge in [-0.05, 0) is 18.8 Å². The molecule has 0 saturated carbocycles. The van der Waals surface area contributed by atoms with Crippen molar-refractivity contribution >= 4 is 0 Å². The minimum Gasteiger partial charge on any atom is -0.106 e. The summed E-state index contributed by atoms with van der Waals surface area (Å²) in [7, 11) is 0. The van der Waals surface area contributed by atoms with Gasteiger partial charge in [-0.1, -0.05) is 70.1 Å². The average Bonchev–Trinajstić information content (AvgIpc) is 2.34. The lowest BCUT2D eigenvalue weighted by Crippen LogP contribution is -1.95. The summed E-state index contributed by atoms with van der Waals surface area (Å²) in [5, 5.41) is 0. The molecule has 0 bridgehead atoms. The van der Waals surface area contributed by atoms with Crippen LogP contribution in [-0.4, -0.2) is 0 Å². The highest BCUT2D eigenvalue weighted by molar-refractivity contribution is 5.25. The maximum absolute atomic E-state index is 4.09. The fourth-order valence-electron chi connectivity index (χ4n) is 1.20. The Bertz CT molecular complexity index is 220. The summed E-state index contributed by atoms with van der Waals surface area (Å²) in [6, 6.07) is 0. The zero-order chi connectivity index (χ0) is 13.0. The van der Waals surface area contributed by atoms with Crippen molar-refractivity contribution < 1.29 is 0 Å². The first-order chi connectivity index (χ1) is 7.61. The zero-order valence-corrected chi connectivity index (χ0v) is 11.4. The first-order valence-corrected chi connectivity index (χ1v) is 6.16. The molecule has 0 aliphatic heterocycles. The molecule has 0 aliphatic carbocycles. The van der Waals surface area contributed by atoms with Gasteiger partial charge in [-0.3, -0.25) is 0 Å². The minimum atomic E-state index is 0.607. The molecule has 0 saturated heterocycles. The highest BCUT2D eigenvalue weighted by Gasteiger charge is 2.02. The van der Waals surface area contributed by atoms with Crippen molar-refractivity contribution in [3.63, 3.8) is 0 Å². The van der Waals surface area contributed by atoms with Crippen molar-refractivity contribution in [2.45, 2.75) is 46.5 Å². The molecule has 0 aromatic rings. The fourth-order valence-corrected chi connectivity index (χ4v) is 1.20. The number of allylic oxidation sites excluding steroid dienone is 4. The number of hydrogen-bond acceptors (Lipinski definition) is 0. The zero-order valence-electron chi connectivity index (χ0n) is 11.4. The van der Waals surface area contributed by atoms with Crippen LogP contribution in [0.25, 0.3) is 0 Å². The van der Waals surface area contributed by atoms with E-state index in [-0.39, 0.29) is 0 Å². The Morgan fingerprint density at radius 1 is 1.12 bits per heavy atom. The van der Waals surface area contributed by atoms with E-state index in [2.05, 4.69) is 59.2 Å². The van der Waals surface area contributed by atoms with E-state index in [0.29, 0.717) is 5.92 Å². The minimum absolute atomic E-state index is 0.607. The average molecular weight is 220 g/mol. The van der Waals surface area contributed by atoms with Gasteiger partial charge in [0.25, 0.3) is 0 Å². The standard InChI is InChI=1S/C14H24.C2H4/c1-6-8-9-13(4)14(5)11-10-12(3)7-2;1-2/h10-11,13H,3,5-9H2,1-2,4H3;1-2H2/b11-10-;. The van der Waals surface area contributed by atoms with Crippen molar-refractivity contribution in [1.29, 1.82) is 0 Å².